The fourth-order valence-electron chi connectivity index (χ4n) is 2.85. The third-order valence-corrected chi connectivity index (χ3v) is 5.77. The van der Waals surface area contributed by atoms with E-state index in [0.717, 1.165) is 6.42 Å². The van der Waals surface area contributed by atoms with Crippen LogP contribution in [0.5, 0.6) is 0 Å². The number of ether oxygens (including phenoxy) is 1. The summed E-state index contributed by atoms with van der Waals surface area (Å²) in [7, 11) is -3.25. The van der Waals surface area contributed by atoms with Gasteiger partial charge in [0.05, 0.1) is 18.5 Å². The number of nitrogens with one attached hydrogen (secondary N) is 1. The molecule has 2 fully saturated rings. The van der Waals surface area contributed by atoms with Crippen LogP contribution in [-0.4, -0.2) is 56.2 Å². The highest BCUT2D eigenvalue weighted by Gasteiger charge is 2.37. The molecule has 0 radical (unpaired) electrons. The predicted octanol–water partition coefficient (Wildman–Crippen LogP) is 0.342. The minimum Gasteiger partial charge on any atom is -0.378 e. The van der Waals surface area contributed by atoms with E-state index < -0.39 is 10.0 Å². The molecular formula is C13H24N2O4S. The van der Waals surface area contributed by atoms with E-state index in [1.165, 1.54) is 0 Å². The summed E-state index contributed by atoms with van der Waals surface area (Å²) in [4.78, 5) is 11.3. The number of carbonyl (C=O) groups is 1. The first-order chi connectivity index (χ1) is 9.38. The molecule has 20 heavy (non-hydrogen) atoms. The lowest BCUT2D eigenvalue weighted by molar-refractivity contribution is -0.124. The molecule has 2 unspecified atom stereocenters. The third-order valence-electron chi connectivity index (χ3n) is 3.97. The van der Waals surface area contributed by atoms with Crippen LogP contribution in [0.4, 0.5) is 0 Å². The molecule has 0 bridgehead atoms. The van der Waals surface area contributed by atoms with E-state index in [1.807, 2.05) is 13.8 Å². The van der Waals surface area contributed by atoms with Gasteiger partial charge in [0.2, 0.25) is 15.9 Å². The van der Waals surface area contributed by atoms with Gasteiger partial charge in [0, 0.05) is 25.6 Å². The molecule has 2 rings (SSSR count). The van der Waals surface area contributed by atoms with Gasteiger partial charge < -0.3 is 10.1 Å². The molecule has 2 atom stereocenters. The maximum atomic E-state index is 12.3. The topological polar surface area (TPSA) is 75.7 Å². The quantitative estimate of drug-likeness (QED) is 0.795. The molecular weight excluding hydrogens is 280 g/mol. The second kappa shape index (κ2) is 6.41. The molecule has 2 aliphatic heterocycles. The molecule has 2 aliphatic rings. The van der Waals surface area contributed by atoms with Gasteiger partial charge in [-0.3, -0.25) is 4.79 Å². The average Bonchev–Trinajstić information content (AvgIpc) is 2.37. The van der Waals surface area contributed by atoms with Crippen molar-refractivity contribution in [3.05, 3.63) is 0 Å². The van der Waals surface area contributed by atoms with Crippen LogP contribution in [0.25, 0.3) is 0 Å². The van der Waals surface area contributed by atoms with Crippen molar-refractivity contribution in [3.8, 4) is 0 Å². The second-order valence-electron chi connectivity index (χ2n) is 5.86. The van der Waals surface area contributed by atoms with Gasteiger partial charge in [-0.1, -0.05) is 0 Å². The number of piperidine rings is 2. The molecule has 6 nitrogen and oxygen atoms in total. The van der Waals surface area contributed by atoms with E-state index in [2.05, 4.69) is 5.32 Å². The third kappa shape index (κ3) is 3.93. The Labute approximate surface area is 120 Å². The molecule has 2 heterocycles. The Balaban J connectivity index is 1.89. The zero-order valence-electron chi connectivity index (χ0n) is 12.2. The number of sulfonamides is 1. The first-order valence-electron chi connectivity index (χ1n) is 7.27. The van der Waals surface area contributed by atoms with Gasteiger partial charge in [0.15, 0.2) is 0 Å². The van der Waals surface area contributed by atoms with Gasteiger partial charge in [-0.15, -0.1) is 0 Å². The Kier molecular flexibility index (Phi) is 5.04. The maximum Gasteiger partial charge on any atom is 0.220 e. The highest BCUT2D eigenvalue weighted by molar-refractivity contribution is 7.89. The summed E-state index contributed by atoms with van der Waals surface area (Å²) in [5.74, 6) is 0.379. The van der Waals surface area contributed by atoms with Crippen LogP contribution in [0.2, 0.25) is 0 Å². The van der Waals surface area contributed by atoms with Crippen molar-refractivity contribution in [2.45, 2.75) is 45.3 Å². The first-order valence-corrected chi connectivity index (χ1v) is 8.88. The maximum absolute atomic E-state index is 12.3. The van der Waals surface area contributed by atoms with Gasteiger partial charge in [-0.25, -0.2) is 12.7 Å². The number of hydrogen-bond acceptors (Lipinski definition) is 4. The van der Waals surface area contributed by atoms with E-state index >= 15 is 0 Å². The zero-order chi connectivity index (χ0) is 14.8. The SMILES string of the molecule is CC(C)OCCS(=O)(=O)N1CCC2NC(=O)CCC2C1. The zero-order valence-corrected chi connectivity index (χ0v) is 13.0. The number of rotatable bonds is 5. The number of nitrogens with zero attached hydrogens (tertiary/aromatic N) is 1. The van der Waals surface area contributed by atoms with Gasteiger partial charge >= 0.3 is 0 Å². The lowest BCUT2D eigenvalue weighted by Gasteiger charge is -2.40. The Hall–Kier alpha value is -0.660. The highest BCUT2D eigenvalue weighted by Crippen LogP contribution is 2.26. The molecule has 7 heteroatoms. The van der Waals surface area contributed by atoms with Crippen LogP contribution in [0.1, 0.15) is 33.1 Å². The van der Waals surface area contributed by atoms with Crippen molar-refractivity contribution >= 4 is 15.9 Å². The van der Waals surface area contributed by atoms with Crippen LogP contribution >= 0.6 is 0 Å². The molecule has 0 aliphatic carbocycles. The van der Waals surface area contributed by atoms with Crippen LogP contribution in [0.3, 0.4) is 0 Å². The molecule has 0 saturated carbocycles. The molecule has 0 aromatic rings. The summed E-state index contributed by atoms with van der Waals surface area (Å²) < 4.78 is 31.4. The molecule has 0 spiro atoms. The lowest BCUT2D eigenvalue weighted by atomic mass is 9.86. The summed E-state index contributed by atoms with van der Waals surface area (Å²) in [5.41, 5.74) is 0. The molecule has 116 valence electrons. The monoisotopic (exact) mass is 304 g/mol. The van der Waals surface area contributed by atoms with E-state index in [9.17, 15) is 13.2 Å². The highest BCUT2D eigenvalue weighted by atomic mass is 32.2. The number of amides is 1. The Bertz CT molecular complexity index is 449. The summed E-state index contributed by atoms with van der Waals surface area (Å²) in [6.45, 7) is 5.04. The van der Waals surface area contributed by atoms with E-state index in [0.29, 0.717) is 25.9 Å². The van der Waals surface area contributed by atoms with Crippen molar-refractivity contribution in [1.29, 1.82) is 0 Å². The molecule has 0 aromatic heterocycles. The van der Waals surface area contributed by atoms with Gasteiger partial charge in [-0.2, -0.15) is 0 Å². The Morgan fingerprint density at radius 2 is 2.15 bits per heavy atom. The average molecular weight is 304 g/mol. The largest absolute Gasteiger partial charge is 0.378 e. The minimum atomic E-state index is -3.25. The molecule has 0 aromatic carbocycles. The fourth-order valence-corrected chi connectivity index (χ4v) is 4.21. The van der Waals surface area contributed by atoms with Gasteiger partial charge in [-0.05, 0) is 32.6 Å². The minimum absolute atomic E-state index is 0.0366. The van der Waals surface area contributed by atoms with Crippen molar-refractivity contribution < 1.29 is 17.9 Å². The van der Waals surface area contributed by atoms with Crippen molar-refractivity contribution in [1.82, 2.24) is 9.62 Å². The lowest BCUT2D eigenvalue weighted by Crippen LogP contribution is -2.55. The second-order valence-corrected chi connectivity index (χ2v) is 7.94. The Morgan fingerprint density at radius 3 is 2.85 bits per heavy atom. The standard InChI is InChI=1S/C13H24N2O4S/c1-10(2)19-7-8-20(17,18)15-6-5-12-11(9-15)3-4-13(16)14-12/h10-12H,3-9H2,1-2H3,(H,14,16). The van der Waals surface area contributed by atoms with E-state index in [4.69, 9.17) is 4.74 Å². The van der Waals surface area contributed by atoms with Crippen LogP contribution in [0, 0.1) is 5.92 Å². The summed E-state index contributed by atoms with van der Waals surface area (Å²) in [6.07, 6.45) is 2.04. The van der Waals surface area contributed by atoms with Crippen molar-refractivity contribution in [2.75, 3.05) is 25.4 Å². The summed E-state index contributed by atoms with van der Waals surface area (Å²) in [5, 5.41) is 2.96. The Morgan fingerprint density at radius 1 is 1.40 bits per heavy atom. The van der Waals surface area contributed by atoms with Crippen LogP contribution in [0.15, 0.2) is 0 Å². The van der Waals surface area contributed by atoms with Crippen LogP contribution < -0.4 is 5.32 Å². The number of carbonyl (C=O) groups excluding carboxylic acids is 1. The van der Waals surface area contributed by atoms with Crippen LogP contribution in [-0.2, 0) is 19.6 Å². The summed E-state index contributed by atoms with van der Waals surface area (Å²) >= 11 is 0. The molecule has 1 amide bonds. The van der Waals surface area contributed by atoms with Gasteiger partial charge in [0.1, 0.15) is 0 Å². The van der Waals surface area contributed by atoms with Crippen molar-refractivity contribution in [3.63, 3.8) is 0 Å². The number of fused-ring (bicyclic) bond motifs is 1. The fraction of sp³-hybridized carbons (Fsp3) is 0.923. The first kappa shape index (κ1) is 15.7. The normalized spacial score (nSPS) is 28.2. The smallest absolute Gasteiger partial charge is 0.220 e. The molecule has 2 saturated heterocycles. The summed E-state index contributed by atoms with van der Waals surface area (Å²) in [6, 6.07) is 0.148. The van der Waals surface area contributed by atoms with E-state index in [1.54, 1.807) is 4.31 Å². The van der Waals surface area contributed by atoms with Crippen molar-refractivity contribution in [2.24, 2.45) is 5.92 Å². The van der Waals surface area contributed by atoms with Gasteiger partial charge in [0.25, 0.3) is 0 Å². The van der Waals surface area contributed by atoms with E-state index in [-0.39, 0.29) is 36.3 Å². The molecule has 1 N–H and O–H groups in total. The number of hydrogen-bond donors (Lipinski definition) is 1. The predicted molar refractivity (Wildman–Crippen MR) is 75.7 cm³/mol.